The van der Waals surface area contributed by atoms with Crippen LogP contribution < -0.4 is 0 Å². The molecule has 2 nitrogen and oxygen atoms in total. The first kappa shape index (κ1) is 12.5. The van der Waals surface area contributed by atoms with E-state index in [0.29, 0.717) is 5.88 Å². The monoisotopic (exact) mass is 246 g/mol. The van der Waals surface area contributed by atoms with Gasteiger partial charge in [-0.3, -0.25) is 0 Å². The standard InChI is InChI=1S/C11H15ClO2S/c1-10(7-12)8-15(13,14)9-11-5-3-2-4-6-11/h2-6,10H,7-9H2,1H3. The van der Waals surface area contributed by atoms with Gasteiger partial charge in [0, 0.05) is 5.88 Å². The number of halogens is 1. The molecule has 0 N–H and O–H groups in total. The Kier molecular flexibility index (Phi) is 4.61. The fraction of sp³-hybridized carbons (Fsp3) is 0.455. The molecule has 0 saturated carbocycles. The van der Waals surface area contributed by atoms with Crippen molar-refractivity contribution in [2.45, 2.75) is 12.7 Å². The summed E-state index contributed by atoms with van der Waals surface area (Å²) in [4.78, 5) is 0. The van der Waals surface area contributed by atoms with Gasteiger partial charge in [0.2, 0.25) is 0 Å². The Hall–Kier alpha value is -0.540. The Labute approximate surface area is 96.2 Å². The molecule has 0 aliphatic heterocycles. The predicted octanol–water partition coefficient (Wildman–Crippen LogP) is 2.48. The Balaban J connectivity index is 2.65. The second-order valence-electron chi connectivity index (χ2n) is 3.80. The molecule has 84 valence electrons. The number of hydrogen-bond acceptors (Lipinski definition) is 2. The van der Waals surface area contributed by atoms with Crippen LogP contribution in [0.3, 0.4) is 0 Å². The summed E-state index contributed by atoms with van der Waals surface area (Å²) in [5.41, 5.74) is 0.833. The van der Waals surface area contributed by atoms with Gasteiger partial charge in [0.1, 0.15) is 0 Å². The summed E-state index contributed by atoms with van der Waals surface area (Å²) in [6.45, 7) is 1.84. The average Bonchev–Trinajstić information content (AvgIpc) is 2.17. The largest absolute Gasteiger partial charge is 0.228 e. The van der Waals surface area contributed by atoms with Crippen LogP contribution in [-0.2, 0) is 15.6 Å². The van der Waals surface area contributed by atoms with Crippen LogP contribution in [0.25, 0.3) is 0 Å². The van der Waals surface area contributed by atoms with E-state index >= 15 is 0 Å². The summed E-state index contributed by atoms with van der Waals surface area (Å²) in [5.74, 6) is 0.662. The molecule has 0 fully saturated rings. The lowest BCUT2D eigenvalue weighted by molar-refractivity contribution is 0.582. The van der Waals surface area contributed by atoms with Crippen molar-refractivity contribution in [1.29, 1.82) is 0 Å². The molecule has 1 unspecified atom stereocenters. The summed E-state index contributed by atoms with van der Waals surface area (Å²) in [6.07, 6.45) is 0. The second kappa shape index (κ2) is 5.52. The zero-order chi connectivity index (χ0) is 11.3. The van der Waals surface area contributed by atoms with Crippen molar-refractivity contribution in [1.82, 2.24) is 0 Å². The maximum atomic E-state index is 11.7. The van der Waals surface area contributed by atoms with E-state index in [0.717, 1.165) is 5.56 Å². The van der Waals surface area contributed by atoms with Crippen LogP contribution in [0.2, 0.25) is 0 Å². The van der Waals surface area contributed by atoms with E-state index in [2.05, 4.69) is 0 Å². The van der Waals surface area contributed by atoms with Crippen LogP contribution in [0, 0.1) is 5.92 Å². The van der Waals surface area contributed by atoms with Gasteiger partial charge in [-0.2, -0.15) is 0 Å². The van der Waals surface area contributed by atoms with Crippen molar-refractivity contribution in [3.05, 3.63) is 35.9 Å². The van der Waals surface area contributed by atoms with Crippen molar-refractivity contribution in [3.63, 3.8) is 0 Å². The van der Waals surface area contributed by atoms with Crippen molar-refractivity contribution >= 4 is 21.4 Å². The lowest BCUT2D eigenvalue weighted by Gasteiger charge is -2.08. The topological polar surface area (TPSA) is 34.1 Å². The zero-order valence-electron chi connectivity index (χ0n) is 8.69. The number of benzene rings is 1. The van der Waals surface area contributed by atoms with E-state index in [4.69, 9.17) is 11.6 Å². The van der Waals surface area contributed by atoms with Gasteiger partial charge in [0.15, 0.2) is 9.84 Å². The third kappa shape index (κ3) is 4.67. The number of sulfone groups is 1. The van der Waals surface area contributed by atoms with Crippen molar-refractivity contribution in [2.75, 3.05) is 11.6 Å². The van der Waals surface area contributed by atoms with Gasteiger partial charge < -0.3 is 0 Å². The molecule has 1 aromatic rings. The number of rotatable bonds is 5. The molecule has 1 rings (SSSR count). The molecule has 0 aliphatic rings. The predicted molar refractivity (Wildman–Crippen MR) is 63.8 cm³/mol. The Morgan fingerprint density at radius 1 is 1.27 bits per heavy atom. The van der Waals surface area contributed by atoms with Crippen LogP contribution in [0.4, 0.5) is 0 Å². The van der Waals surface area contributed by atoms with E-state index < -0.39 is 9.84 Å². The molecule has 0 saturated heterocycles. The van der Waals surface area contributed by atoms with Gasteiger partial charge >= 0.3 is 0 Å². The highest BCUT2D eigenvalue weighted by atomic mass is 35.5. The summed E-state index contributed by atoms with van der Waals surface area (Å²) in [6, 6.07) is 9.20. The maximum absolute atomic E-state index is 11.7. The highest BCUT2D eigenvalue weighted by molar-refractivity contribution is 7.90. The molecule has 15 heavy (non-hydrogen) atoms. The summed E-state index contributed by atoms with van der Waals surface area (Å²) < 4.78 is 23.4. The molecular formula is C11H15ClO2S. The molecule has 1 aromatic carbocycles. The summed E-state index contributed by atoms with van der Waals surface area (Å²) in [5, 5.41) is 0. The van der Waals surface area contributed by atoms with Crippen LogP contribution in [-0.4, -0.2) is 20.1 Å². The summed E-state index contributed by atoms with van der Waals surface area (Å²) >= 11 is 5.60. The molecule has 4 heteroatoms. The van der Waals surface area contributed by atoms with Gasteiger partial charge in [0.05, 0.1) is 11.5 Å². The first-order valence-electron chi connectivity index (χ1n) is 4.84. The van der Waals surface area contributed by atoms with Gasteiger partial charge in [-0.1, -0.05) is 37.3 Å². The van der Waals surface area contributed by atoms with Crippen LogP contribution in [0.5, 0.6) is 0 Å². The minimum absolute atomic E-state index is 0.0142. The lowest BCUT2D eigenvalue weighted by Crippen LogP contribution is -2.16. The normalized spacial score (nSPS) is 13.7. The molecule has 0 radical (unpaired) electrons. The average molecular weight is 247 g/mol. The molecule has 0 spiro atoms. The maximum Gasteiger partial charge on any atom is 0.154 e. The molecule has 0 heterocycles. The molecule has 0 bridgehead atoms. The minimum Gasteiger partial charge on any atom is -0.228 e. The Morgan fingerprint density at radius 2 is 1.87 bits per heavy atom. The molecular weight excluding hydrogens is 232 g/mol. The van der Waals surface area contributed by atoms with Crippen molar-refractivity contribution in [2.24, 2.45) is 5.92 Å². The van der Waals surface area contributed by atoms with Gasteiger partial charge in [-0.25, -0.2) is 8.42 Å². The molecule has 0 aromatic heterocycles. The number of hydrogen-bond donors (Lipinski definition) is 0. The van der Waals surface area contributed by atoms with Crippen LogP contribution in [0.1, 0.15) is 12.5 Å². The highest BCUT2D eigenvalue weighted by Gasteiger charge is 2.15. The van der Waals surface area contributed by atoms with Crippen molar-refractivity contribution in [3.8, 4) is 0 Å². The third-order valence-corrected chi connectivity index (χ3v) is 4.41. The quantitative estimate of drug-likeness (QED) is 0.748. The highest BCUT2D eigenvalue weighted by Crippen LogP contribution is 2.10. The van der Waals surface area contributed by atoms with Gasteiger partial charge in [-0.15, -0.1) is 11.6 Å². The van der Waals surface area contributed by atoms with E-state index in [1.165, 1.54) is 0 Å². The Morgan fingerprint density at radius 3 is 2.40 bits per heavy atom. The van der Waals surface area contributed by atoms with Gasteiger partial charge in [0.25, 0.3) is 0 Å². The van der Waals surface area contributed by atoms with Gasteiger partial charge in [-0.05, 0) is 11.5 Å². The van der Waals surface area contributed by atoms with Crippen molar-refractivity contribution < 1.29 is 8.42 Å². The fourth-order valence-electron chi connectivity index (χ4n) is 1.37. The van der Waals surface area contributed by atoms with E-state index in [9.17, 15) is 8.42 Å². The fourth-order valence-corrected chi connectivity index (χ4v) is 3.41. The van der Waals surface area contributed by atoms with E-state index in [1.54, 1.807) is 0 Å². The lowest BCUT2D eigenvalue weighted by atomic mass is 10.2. The smallest absolute Gasteiger partial charge is 0.154 e. The summed E-state index contributed by atoms with van der Waals surface area (Å²) in [7, 11) is -3.03. The minimum atomic E-state index is -3.03. The SMILES string of the molecule is CC(CCl)CS(=O)(=O)Cc1ccccc1. The molecule has 0 amide bonds. The first-order chi connectivity index (χ1) is 7.03. The Bertz CT molecular complexity index is 386. The third-order valence-electron chi connectivity index (χ3n) is 2.03. The van der Waals surface area contributed by atoms with Crippen LogP contribution in [0.15, 0.2) is 30.3 Å². The molecule has 0 aliphatic carbocycles. The number of alkyl halides is 1. The zero-order valence-corrected chi connectivity index (χ0v) is 10.3. The first-order valence-corrected chi connectivity index (χ1v) is 7.19. The van der Waals surface area contributed by atoms with E-state index in [-0.39, 0.29) is 17.4 Å². The molecule has 1 atom stereocenters. The van der Waals surface area contributed by atoms with E-state index in [1.807, 2.05) is 37.3 Å². The van der Waals surface area contributed by atoms with Crippen LogP contribution >= 0.6 is 11.6 Å². The second-order valence-corrected chi connectivity index (χ2v) is 6.22.